The van der Waals surface area contributed by atoms with E-state index >= 15 is 0 Å². The molecule has 0 aliphatic heterocycles. The van der Waals surface area contributed by atoms with Crippen LogP contribution in [0.15, 0.2) is 103 Å². The third-order valence-electron chi connectivity index (χ3n) is 5.65. The van der Waals surface area contributed by atoms with Crippen LogP contribution in [0.5, 0.6) is 0 Å². The predicted molar refractivity (Wildman–Crippen MR) is 142 cm³/mol. The van der Waals surface area contributed by atoms with E-state index in [9.17, 15) is 0 Å². The van der Waals surface area contributed by atoms with Gasteiger partial charge in [0.1, 0.15) is 0 Å². The number of benzene rings is 5. The van der Waals surface area contributed by atoms with Crippen LogP contribution in [-0.2, 0) is 6.54 Å². The first kappa shape index (κ1) is 19.0. The Morgan fingerprint density at radius 2 is 1.06 bits per heavy atom. The topological polar surface area (TPSA) is 12.0 Å². The molecule has 0 aliphatic carbocycles. The molecule has 150 valence electrons. The van der Waals surface area contributed by atoms with Gasteiger partial charge in [0, 0.05) is 26.7 Å². The minimum absolute atomic E-state index is 0.523. The average molecular weight is 454 g/mol. The summed E-state index contributed by atoms with van der Waals surface area (Å²) in [6.07, 6.45) is 0. The molecule has 6 aromatic rings. The molecule has 0 radical (unpaired) electrons. The second kappa shape index (κ2) is 8.11. The van der Waals surface area contributed by atoms with Crippen LogP contribution in [0.2, 0.25) is 0 Å². The van der Waals surface area contributed by atoms with E-state index in [-0.39, 0.29) is 0 Å². The first-order chi connectivity index (χ1) is 15.4. The lowest BCUT2D eigenvalue weighted by Crippen LogP contribution is -1.92. The molecule has 1 N–H and O–H groups in total. The normalized spacial score (nSPS) is 11.5. The highest BCUT2D eigenvalue weighted by atomic mass is 32.8. The van der Waals surface area contributed by atoms with Crippen molar-refractivity contribution in [2.75, 3.05) is 5.09 Å². The molecular formula is C27H20NPS2. The summed E-state index contributed by atoms with van der Waals surface area (Å²) >= 11 is 0. The molecule has 1 aromatic heterocycles. The molecule has 0 atom stereocenters. The van der Waals surface area contributed by atoms with Crippen LogP contribution in [0, 0.1) is 0 Å². The Balaban J connectivity index is 1.70. The molecule has 0 bridgehead atoms. The van der Waals surface area contributed by atoms with Gasteiger partial charge in [0.2, 0.25) is 0 Å². The Morgan fingerprint density at radius 1 is 0.548 bits per heavy atom. The maximum absolute atomic E-state index is 3.85. The molecule has 1 heterocycles. The second-order valence-corrected chi connectivity index (χ2v) is 13.6. The molecule has 31 heavy (non-hydrogen) atoms. The van der Waals surface area contributed by atoms with Gasteiger partial charge in [-0.15, -0.1) is 0 Å². The smallest absolute Gasteiger partial charge is 0.0610 e. The highest BCUT2D eigenvalue weighted by Crippen LogP contribution is 2.47. The summed E-state index contributed by atoms with van der Waals surface area (Å²) in [6, 6.07) is 36.9. The SMILES string of the molecule is c1ccc(CNp2sc3ccc4ccccc4c3c3c(ccc4ccccc43)s2)cc1. The van der Waals surface area contributed by atoms with E-state index in [0.717, 1.165) is 6.54 Å². The zero-order valence-corrected chi connectivity index (χ0v) is 19.3. The van der Waals surface area contributed by atoms with Crippen LogP contribution < -0.4 is 5.09 Å². The van der Waals surface area contributed by atoms with Gasteiger partial charge < -0.3 is 0 Å². The van der Waals surface area contributed by atoms with E-state index in [1.165, 1.54) is 47.3 Å². The maximum Gasteiger partial charge on any atom is 0.0610 e. The lowest BCUT2D eigenvalue weighted by atomic mass is 9.99. The van der Waals surface area contributed by atoms with Gasteiger partial charge in [-0.2, -0.15) is 0 Å². The van der Waals surface area contributed by atoms with Crippen molar-refractivity contribution in [3.05, 3.63) is 109 Å². The largest absolute Gasteiger partial charge is 0.255 e. The lowest BCUT2D eigenvalue weighted by Gasteiger charge is -2.06. The van der Waals surface area contributed by atoms with Gasteiger partial charge in [0.25, 0.3) is 0 Å². The summed E-state index contributed by atoms with van der Waals surface area (Å²) in [5.41, 5.74) is 1.33. The molecule has 0 spiro atoms. The molecule has 0 saturated heterocycles. The summed E-state index contributed by atoms with van der Waals surface area (Å²) in [5.74, 6) is 0. The van der Waals surface area contributed by atoms with Crippen molar-refractivity contribution in [2.24, 2.45) is 0 Å². The molecule has 0 unspecified atom stereocenters. The molecule has 6 rings (SSSR count). The summed E-state index contributed by atoms with van der Waals surface area (Å²) in [6.45, 7) is 0.887. The minimum atomic E-state index is -0.523. The van der Waals surface area contributed by atoms with Crippen molar-refractivity contribution in [1.29, 1.82) is 0 Å². The Kier molecular flexibility index (Phi) is 4.98. The fraction of sp³-hybridized carbons (Fsp3) is 0.0370. The Bertz CT molecular complexity index is 1490. The molecule has 0 saturated carbocycles. The van der Waals surface area contributed by atoms with Gasteiger partial charge in [-0.25, -0.2) is 0 Å². The third kappa shape index (κ3) is 3.54. The quantitative estimate of drug-likeness (QED) is 0.281. The van der Waals surface area contributed by atoms with Gasteiger partial charge in [0.05, 0.1) is 6.04 Å². The van der Waals surface area contributed by atoms with Crippen molar-refractivity contribution >= 4 is 69.6 Å². The van der Waals surface area contributed by atoms with Crippen LogP contribution in [0.1, 0.15) is 5.56 Å². The van der Waals surface area contributed by atoms with Crippen LogP contribution in [0.4, 0.5) is 0 Å². The second-order valence-electron chi connectivity index (χ2n) is 7.58. The molecular weight excluding hydrogens is 433 g/mol. The summed E-state index contributed by atoms with van der Waals surface area (Å²) in [4.78, 5) is 0. The van der Waals surface area contributed by atoms with E-state index in [0.29, 0.717) is 0 Å². The Labute approximate surface area is 189 Å². The maximum atomic E-state index is 3.85. The van der Waals surface area contributed by atoms with Crippen molar-refractivity contribution in [3.8, 4) is 0 Å². The first-order valence-corrected chi connectivity index (χ1v) is 14.5. The van der Waals surface area contributed by atoms with Crippen LogP contribution in [0.25, 0.3) is 41.7 Å². The van der Waals surface area contributed by atoms with E-state index < -0.39 is 6.04 Å². The van der Waals surface area contributed by atoms with Gasteiger partial charge in [-0.1, -0.05) is 113 Å². The van der Waals surface area contributed by atoms with Crippen molar-refractivity contribution in [2.45, 2.75) is 6.54 Å². The van der Waals surface area contributed by atoms with Crippen molar-refractivity contribution in [3.63, 3.8) is 0 Å². The summed E-state index contributed by atoms with van der Waals surface area (Å²) < 4.78 is 2.74. The van der Waals surface area contributed by atoms with Gasteiger partial charge in [-0.05, 0) is 39.2 Å². The van der Waals surface area contributed by atoms with Crippen LogP contribution in [0.3, 0.4) is 0 Å². The zero-order valence-electron chi connectivity index (χ0n) is 16.8. The van der Waals surface area contributed by atoms with Crippen molar-refractivity contribution < 1.29 is 0 Å². The molecule has 5 aromatic carbocycles. The number of hydrogen-bond acceptors (Lipinski definition) is 3. The van der Waals surface area contributed by atoms with Crippen LogP contribution in [-0.4, -0.2) is 0 Å². The highest BCUT2D eigenvalue weighted by molar-refractivity contribution is 8.17. The first-order valence-electron chi connectivity index (χ1n) is 10.3. The predicted octanol–water partition coefficient (Wildman–Crippen LogP) is 9.28. The monoisotopic (exact) mass is 453 g/mol. The fourth-order valence-corrected chi connectivity index (χ4v) is 10.5. The van der Waals surface area contributed by atoms with Gasteiger partial charge in [-0.3, -0.25) is 5.09 Å². The lowest BCUT2D eigenvalue weighted by molar-refractivity contribution is 1.21. The fourth-order valence-electron chi connectivity index (χ4n) is 4.18. The molecule has 0 amide bonds. The van der Waals surface area contributed by atoms with E-state index in [1.54, 1.807) is 0 Å². The van der Waals surface area contributed by atoms with Gasteiger partial charge >= 0.3 is 0 Å². The van der Waals surface area contributed by atoms with E-state index in [4.69, 9.17) is 0 Å². The summed E-state index contributed by atoms with van der Waals surface area (Å²) in [5, 5.41) is 11.9. The molecule has 4 heteroatoms. The third-order valence-corrected chi connectivity index (χ3v) is 11.8. The summed E-state index contributed by atoms with van der Waals surface area (Å²) in [7, 11) is 3.99. The number of nitrogens with one attached hydrogen (secondary N) is 1. The molecule has 0 aliphatic rings. The zero-order chi connectivity index (χ0) is 20.6. The van der Waals surface area contributed by atoms with Crippen LogP contribution >= 0.6 is 27.9 Å². The number of fused-ring (bicyclic) bond motifs is 7. The molecule has 1 nitrogen and oxygen atoms in total. The number of hydrogen-bond donors (Lipinski definition) is 1. The molecule has 0 fully saturated rings. The minimum Gasteiger partial charge on any atom is -0.255 e. The number of rotatable bonds is 3. The Hall–Kier alpha value is -2.68. The van der Waals surface area contributed by atoms with E-state index in [1.807, 2.05) is 21.9 Å². The van der Waals surface area contributed by atoms with Crippen molar-refractivity contribution in [1.82, 2.24) is 0 Å². The standard InChI is InChI=1S/C27H20NPS2/c1-2-8-19(9-3-1)18-28-29-30-24-16-14-20-10-4-6-12-22(20)26(24)27-23-13-7-5-11-21(23)15-17-25(27)31-29/h1-17,28H,18H2. The van der Waals surface area contributed by atoms with E-state index in [2.05, 4.69) is 108 Å². The Morgan fingerprint density at radius 3 is 1.65 bits per heavy atom. The van der Waals surface area contributed by atoms with Gasteiger partial charge in [0.15, 0.2) is 0 Å². The highest BCUT2D eigenvalue weighted by Gasteiger charge is 2.10. The average Bonchev–Trinajstić information content (AvgIpc) is 3.00.